The van der Waals surface area contributed by atoms with Crippen LogP contribution in [-0.4, -0.2) is 37.4 Å². The molecule has 0 unspecified atom stereocenters. The number of para-hydroxylation sites is 2. The third-order valence-electron chi connectivity index (χ3n) is 4.58. The zero-order chi connectivity index (χ0) is 21.0. The van der Waals surface area contributed by atoms with Crippen molar-refractivity contribution in [1.82, 2.24) is 0 Å². The molecule has 0 saturated carbocycles. The highest BCUT2D eigenvalue weighted by atomic mass is 16.5. The summed E-state index contributed by atoms with van der Waals surface area (Å²) in [5.41, 5.74) is 2.45. The lowest BCUT2D eigenvalue weighted by atomic mass is 10.1. The van der Waals surface area contributed by atoms with Crippen LogP contribution in [0.5, 0.6) is 5.75 Å². The van der Waals surface area contributed by atoms with Crippen molar-refractivity contribution < 1.29 is 19.1 Å². The first kappa shape index (κ1) is 20.2. The van der Waals surface area contributed by atoms with Crippen molar-refractivity contribution in [2.45, 2.75) is 26.3 Å². The van der Waals surface area contributed by atoms with E-state index in [1.807, 2.05) is 25.1 Å². The van der Waals surface area contributed by atoms with Gasteiger partial charge in [-0.05, 0) is 37.3 Å². The molecule has 0 aromatic heterocycles. The van der Waals surface area contributed by atoms with Crippen molar-refractivity contribution in [3.8, 4) is 5.75 Å². The number of amides is 3. The van der Waals surface area contributed by atoms with Gasteiger partial charge in [-0.1, -0.05) is 12.1 Å². The van der Waals surface area contributed by atoms with Gasteiger partial charge in [0.25, 0.3) is 0 Å². The number of benzene rings is 2. The molecule has 3 rings (SSSR count). The van der Waals surface area contributed by atoms with Crippen molar-refractivity contribution in [3.05, 3.63) is 42.5 Å². The second kappa shape index (κ2) is 8.64. The maximum atomic E-state index is 13.1. The lowest BCUT2D eigenvalue weighted by molar-refractivity contribution is -0.118. The van der Waals surface area contributed by atoms with Crippen LogP contribution in [0, 0.1) is 0 Å². The number of hydrogen-bond acceptors (Lipinski definition) is 5. The summed E-state index contributed by atoms with van der Waals surface area (Å²) < 4.78 is 5.34. The molecule has 3 N–H and O–H groups in total. The molecule has 3 amide bonds. The van der Waals surface area contributed by atoms with Crippen LogP contribution in [0.25, 0.3) is 0 Å². The molecule has 0 fully saturated rings. The molecule has 152 valence electrons. The van der Waals surface area contributed by atoms with Crippen molar-refractivity contribution in [1.29, 1.82) is 0 Å². The number of carbonyl (C=O) groups is 3. The highest BCUT2D eigenvalue weighted by Gasteiger charge is 2.29. The number of hydrogen-bond donors (Lipinski definition) is 3. The Kier molecular flexibility index (Phi) is 6.01. The summed E-state index contributed by atoms with van der Waals surface area (Å²) in [4.78, 5) is 38.1. The van der Waals surface area contributed by atoms with Gasteiger partial charge in [0.2, 0.25) is 17.7 Å². The van der Waals surface area contributed by atoms with E-state index in [-0.39, 0.29) is 36.7 Å². The smallest absolute Gasteiger partial charge is 0.246 e. The summed E-state index contributed by atoms with van der Waals surface area (Å²) >= 11 is 0. The number of methoxy groups -OCH3 is 1. The summed E-state index contributed by atoms with van der Waals surface area (Å²) in [5, 5.41) is 8.63. The number of ether oxygens (including phenoxy) is 1. The SMILES string of the molecule is COc1ccc(NC(C)=O)cc1NCC(=O)N1c2ccccc2NC(=O)C[C@@H]1C. The molecular weight excluding hydrogens is 372 g/mol. The fourth-order valence-corrected chi connectivity index (χ4v) is 3.35. The molecule has 1 aliphatic rings. The first-order valence-corrected chi connectivity index (χ1v) is 9.29. The molecule has 0 radical (unpaired) electrons. The van der Waals surface area contributed by atoms with E-state index in [4.69, 9.17) is 4.74 Å². The Morgan fingerprint density at radius 2 is 2.00 bits per heavy atom. The Hall–Kier alpha value is -3.55. The number of carbonyl (C=O) groups excluding carboxylic acids is 3. The molecule has 2 aromatic carbocycles. The molecule has 8 heteroatoms. The van der Waals surface area contributed by atoms with Crippen LogP contribution in [0.2, 0.25) is 0 Å². The predicted octanol–water partition coefficient (Wildman–Crippen LogP) is 2.83. The molecule has 0 spiro atoms. The predicted molar refractivity (Wildman–Crippen MR) is 112 cm³/mol. The van der Waals surface area contributed by atoms with Crippen LogP contribution < -0.4 is 25.6 Å². The zero-order valence-electron chi connectivity index (χ0n) is 16.6. The maximum absolute atomic E-state index is 13.1. The molecule has 1 aliphatic heterocycles. The summed E-state index contributed by atoms with van der Waals surface area (Å²) in [6.45, 7) is 3.26. The standard InChI is InChI=1S/C21H24N4O4/c1-13-10-20(27)24-16-6-4-5-7-18(16)25(13)21(28)12-22-17-11-15(23-14(2)26)8-9-19(17)29-3/h4-9,11,13,22H,10,12H2,1-3H3,(H,23,26)(H,24,27)/t13-/m0/s1. The Morgan fingerprint density at radius 3 is 2.72 bits per heavy atom. The molecule has 0 saturated heterocycles. The number of anilines is 4. The lowest BCUT2D eigenvalue weighted by Crippen LogP contribution is -2.42. The van der Waals surface area contributed by atoms with Gasteiger partial charge in [-0.2, -0.15) is 0 Å². The highest BCUT2D eigenvalue weighted by Crippen LogP contribution is 2.32. The zero-order valence-corrected chi connectivity index (χ0v) is 16.6. The van der Waals surface area contributed by atoms with E-state index in [9.17, 15) is 14.4 Å². The molecule has 1 heterocycles. The Morgan fingerprint density at radius 1 is 1.24 bits per heavy atom. The summed E-state index contributed by atoms with van der Waals surface area (Å²) in [6, 6.07) is 12.1. The van der Waals surface area contributed by atoms with Gasteiger partial charge in [0.1, 0.15) is 5.75 Å². The van der Waals surface area contributed by atoms with Gasteiger partial charge in [-0.25, -0.2) is 0 Å². The van der Waals surface area contributed by atoms with Crippen LogP contribution in [-0.2, 0) is 14.4 Å². The quantitative estimate of drug-likeness (QED) is 0.722. The molecular formula is C21H24N4O4. The molecule has 0 bridgehead atoms. The normalized spacial score (nSPS) is 15.6. The van der Waals surface area contributed by atoms with E-state index in [0.717, 1.165) is 0 Å². The number of fused-ring (bicyclic) bond motifs is 1. The van der Waals surface area contributed by atoms with Crippen LogP contribution in [0.4, 0.5) is 22.7 Å². The van der Waals surface area contributed by atoms with Crippen molar-refractivity contribution in [3.63, 3.8) is 0 Å². The van der Waals surface area contributed by atoms with E-state index in [2.05, 4.69) is 16.0 Å². The molecule has 0 aliphatic carbocycles. The fourth-order valence-electron chi connectivity index (χ4n) is 3.35. The highest BCUT2D eigenvalue weighted by molar-refractivity contribution is 6.05. The Bertz CT molecular complexity index is 944. The Balaban J connectivity index is 1.82. The molecule has 29 heavy (non-hydrogen) atoms. The summed E-state index contributed by atoms with van der Waals surface area (Å²) in [6.07, 6.45) is 0.210. The van der Waals surface area contributed by atoms with Crippen LogP contribution >= 0.6 is 0 Å². The number of nitrogens with one attached hydrogen (secondary N) is 3. The monoisotopic (exact) mass is 396 g/mol. The maximum Gasteiger partial charge on any atom is 0.246 e. The van der Waals surface area contributed by atoms with Gasteiger partial charge in [-0.15, -0.1) is 0 Å². The molecule has 1 atom stereocenters. The third-order valence-corrected chi connectivity index (χ3v) is 4.58. The first-order chi connectivity index (χ1) is 13.9. The van der Waals surface area contributed by atoms with Crippen LogP contribution in [0.15, 0.2) is 42.5 Å². The largest absolute Gasteiger partial charge is 0.495 e. The minimum absolute atomic E-state index is 0.00719. The lowest BCUT2D eigenvalue weighted by Gasteiger charge is -2.28. The van der Waals surface area contributed by atoms with Crippen LogP contribution in [0.1, 0.15) is 20.3 Å². The third kappa shape index (κ3) is 4.66. The topological polar surface area (TPSA) is 99.8 Å². The Labute approximate surface area is 169 Å². The average Bonchev–Trinajstić information content (AvgIpc) is 2.80. The fraction of sp³-hybridized carbons (Fsp3) is 0.286. The van der Waals surface area contributed by atoms with Gasteiger partial charge in [0, 0.05) is 25.1 Å². The van der Waals surface area contributed by atoms with E-state index in [1.165, 1.54) is 14.0 Å². The van der Waals surface area contributed by atoms with Gasteiger partial charge < -0.3 is 25.6 Å². The van der Waals surface area contributed by atoms with Crippen molar-refractivity contribution in [2.75, 3.05) is 34.5 Å². The second-order valence-corrected chi connectivity index (χ2v) is 6.83. The van der Waals surface area contributed by atoms with E-state index >= 15 is 0 Å². The second-order valence-electron chi connectivity index (χ2n) is 6.83. The van der Waals surface area contributed by atoms with Crippen molar-refractivity contribution in [2.24, 2.45) is 0 Å². The minimum Gasteiger partial charge on any atom is -0.495 e. The summed E-state index contributed by atoms with van der Waals surface area (Å²) in [7, 11) is 1.53. The average molecular weight is 396 g/mol. The van der Waals surface area contributed by atoms with Gasteiger partial charge in [0.05, 0.1) is 30.7 Å². The van der Waals surface area contributed by atoms with E-state index < -0.39 is 0 Å². The summed E-state index contributed by atoms with van der Waals surface area (Å²) in [5.74, 6) is 0.0451. The van der Waals surface area contributed by atoms with Gasteiger partial charge in [0.15, 0.2) is 0 Å². The van der Waals surface area contributed by atoms with Gasteiger partial charge in [-0.3, -0.25) is 14.4 Å². The first-order valence-electron chi connectivity index (χ1n) is 9.29. The molecule has 2 aromatic rings. The minimum atomic E-state index is -0.291. The van der Waals surface area contributed by atoms with E-state index in [1.54, 1.807) is 29.2 Å². The van der Waals surface area contributed by atoms with E-state index in [0.29, 0.717) is 28.5 Å². The van der Waals surface area contributed by atoms with Crippen LogP contribution in [0.3, 0.4) is 0 Å². The van der Waals surface area contributed by atoms with Crippen molar-refractivity contribution >= 4 is 40.5 Å². The molecule has 8 nitrogen and oxygen atoms in total. The number of nitrogens with zero attached hydrogens (tertiary/aromatic N) is 1. The number of rotatable bonds is 5. The van der Waals surface area contributed by atoms with Gasteiger partial charge >= 0.3 is 0 Å².